The second kappa shape index (κ2) is 12.1. The van der Waals surface area contributed by atoms with Gasteiger partial charge in [-0.1, -0.05) is 30.3 Å². The van der Waals surface area contributed by atoms with Crippen LogP contribution in [0.15, 0.2) is 35.3 Å². The highest BCUT2D eigenvalue weighted by Crippen LogP contribution is 2.14. The van der Waals surface area contributed by atoms with Crippen LogP contribution in [0.5, 0.6) is 0 Å². The fourth-order valence-corrected chi connectivity index (χ4v) is 3.88. The molecule has 0 radical (unpaired) electrons. The Labute approximate surface area is 190 Å². The van der Waals surface area contributed by atoms with Crippen molar-refractivity contribution in [2.24, 2.45) is 4.99 Å². The Bertz CT molecular complexity index is 682. The number of nitrogens with zero attached hydrogens (tertiary/aromatic N) is 3. The van der Waals surface area contributed by atoms with Crippen molar-refractivity contribution in [3.8, 4) is 0 Å². The summed E-state index contributed by atoms with van der Waals surface area (Å²) >= 11 is 0. The van der Waals surface area contributed by atoms with E-state index < -0.39 is 0 Å². The van der Waals surface area contributed by atoms with Gasteiger partial charge in [0.2, 0.25) is 11.8 Å². The standard InChI is InChI=1S/C21H31N5O2.HI/c1-22-21(23-12-14-26-19(27)10-5-11-20(26)28)24-18-9-6-13-25(16-18)15-17-7-3-2-4-8-17;/h2-4,7-8,18H,5-6,9-16H2,1H3,(H2,22,23,24);1H. The Morgan fingerprint density at radius 2 is 1.86 bits per heavy atom. The van der Waals surface area contributed by atoms with Gasteiger partial charge in [-0.2, -0.15) is 0 Å². The average Bonchev–Trinajstić information content (AvgIpc) is 2.70. The number of rotatable bonds is 6. The zero-order valence-electron chi connectivity index (χ0n) is 17.1. The van der Waals surface area contributed by atoms with Crippen LogP contribution >= 0.6 is 24.0 Å². The molecule has 2 heterocycles. The van der Waals surface area contributed by atoms with Crippen LogP contribution < -0.4 is 10.6 Å². The van der Waals surface area contributed by atoms with Crippen LogP contribution in [-0.2, 0) is 16.1 Å². The van der Waals surface area contributed by atoms with E-state index in [1.807, 2.05) is 6.07 Å². The lowest BCUT2D eigenvalue weighted by molar-refractivity contribution is -0.147. The van der Waals surface area contributed by atoms with E-state index in [1.54, 1.807) is 7.05 Å². The van der Waals surface area contributed by atoms with Crippen LogP contribution in [0, 0.1) is 0 Å². The Morgan fingerprint density at radius 1 is 1.14 bits per heavy atom. The minimum absolute atomic E-state index is 0. The van der Waals surface area contributed by atoms with E-state index in [9.17, 15) is 9.59 Å². The molecule has 0 spiro atoms. The van der Waals surface area contributed by atoms with Crippen LogP contribution in [-0.4, -0.2) is 66.8 Å². The first-order valence-electron chi connectivity index (χ1n) is 10.2. The monoisotopic (exact) mass is 513 g/mol. The van der Waals surface area contributed by atoms with E-state index >= 15 is 0 Å². The maximum absolute atomic E-state index is 11.9. The zero-order chi connectivity index (χ0) is 19.8. The Balaban J connectivity index is 0.00000300. The maximum atomic E-state index is 11.9. The molecule has 2 aliphatic rings. The Morgan fingerprint density at radius 3 is 2.55 bits per heavy atom. The van der Waals surface area contributed by atoms with E-state index in [4.69, 9.17) is 0 Å². The highest BCUT2D eigenvalue weighted by atomic mass is 127. The summed E-state index contributed by atoms with van der Waals surface area (Å²) in [7, 11) is 1.75. The smallest absolute Gasteiger partial charge is 0.229 e. The van der Waals surface area contributed by atoms with Crippen LogP contribution in [0.1, 0.15) is 37.7 Å². The summed E-state index contributed by atoms with van der Waals surface area (Å²) in [5.41, 5.74) is 1.33. The first kappa shape index (κ1) is 23.6. The number of guanidine groups is 1. The van der Waals surface area contributed by atoms with Gasteiger partial charge in [0.25, 0.3) is 0 Å². The third-order valence-corrected chi connectivity index (χ3v) is 5.33. The number of imide groups is 1. The minimum Gasteiger partial charge on any atom is -0.355 e. The number of carbonyl (C=O) groups excluding carboxylic acids is 2. The summed E-state index contributed by atoms with van der Waals surface area (Å²) in [6.45, 7) is 3.95. The largest absolute Gasteiger partial charge is 0.355 e. The Kier molecular flexibility index (Phi) is 9.86. The summed E-state index contributed by atoms with van der Waals surface area (Å²) in [6.07, 6.45) is 3.87. The van der Waals surface area contributed by atoms with Crippen LogP contribution in [0.25, 0.3) is 0 Å². The average molecular weight is 513 g/mol. The summed E-state index contributed by atoms with van der Waals surface area (Å²) in [5, 5.41) is 6.73. The SMILES string of the molecule is CN=C(NCCN1C(=O)CCCC1=O)NC1CCCN(Cc2ccccc2)C1.I. The number of hydrogen-bond acceptors (Lipinski definition) is 4. The van der Waals surface area contributed by atoms with Gasteiger partial charge in [0.15, 0.2) is 5.96 Å². The molecule has 1 unspecified atom stereocenters. The number of piperidine rings is 2. The molecule has 1 aromatic rings. The first-order valence-corrected chi connectivity index (χ1v) is 10.2. The number of benzene rings is 1. The van der Waals surface area contributed by atoms with Crippen LogP contribution in [0.3, 0.4) is 0 Å². The van der Waals surface area contributed by atoms with Gasteiger partial charge in [-0.15, -0.1) is 24.0 Å². The topological polar surface area (TPSA) is 77.0 Å². The van der Waals surface area contributed by atoms with Gasteiger partial charge in [0.05, 0.1) is 0 Å². The van der Waals surface area contributed by atoms with Crippen molar-refractivity contribution in [1.82, 2.24) is 20.4 Å². The molecule has 3 rings (SSSR count). The number of aliphatic imine (C=N–C) groups is 1. The molecular weight excluding hydrogens is 481 g/mol. The van der Waals surface area contributed by atoms with E-state index in [2.05, 4.69) is 44.8 Å². The molecule has 2 saturated heterocycles. The third kappa shape index (κ3) is 7.26. The van der Waals surface area contributed by atoms with Crippen molar-refractivity contribution in [3.05, 3.63) is 35.9 Å². The number of carbonyl (C=O) groups is 2. The summed E-state index contributed by atoms with van der Waals surface area (Å²) in [4.78, 5) is 31.9. The number of nitrogens with one attached hydrogen (secondary N) is 2. The lowest BCUT2D eigenvalue weighted by Crippen LogP contribution is -2.52. The summed E-state index contributed by atoms with van der Waals surface area (Å²) < 4.78 is 0. The predicted octanol–water partition coefficient (Wildman–Crippen LogP) is 1.97. The molecule has 2 N–H and O–H groups in total. The molecule has 0 aromatic heterocycles. The fraction of sp³-hybridized carbons (Fsp3) is 0.571. The second-order valence-electron chi connectivity index (χ2n) is 7.50. The second-order valence-corrected chi connectivity index (χ2v) is 7.50. The molecule has 0 bridgehead atoms. The van der Waals surface area contributed by atoms with E-state index in [0.717, 1.165) is 38.4 Å². The van der Waals surface area contributed by atoms with Crippen molar-refractivity contribution in [2.75, 3.05) is 33.2 Å². The number of likely N-dealkylation sites (tertiary alicyclic amines) is 2. The minimum atomic E-state index is -0.0650. The van der Waals surface area contributed by atoms with Crippen molar-refractivity contribution in [3.63, 3.8) is 0 Å². The molecule has 160 valence electrons. The normalized spacial score (nSPS) is 20.9. The molecule has 0 aliphatic carbocycles. The van der Waals surface area contributed by atoms with Gasteiger partial charge < -0.3 is 10.6 Å². The van der Waals surface area contributed by atoms with Crippen molar-refractivity contribution >= 4 is 41.8 Å². The summed E-state index contributed by atoms with van der Waals surface area (Å²) in [6, 6.07) is 10.9. The molecule has 2 fully saturated rings. The van der Waals surface area contributed by atoms with Crippen LogP contribution in [0.4, 0.5) is 0 Å². The van der Waals surface area contributed by atoms with Crippen molar-refractivity contribution < 1.29 is 9.59 Å². The lowest BCUT2D eigenvalue weighted by Gasteiger charge is -2.34. The molecule has 29 heavy (non-hydrogen) atoms. The molecule has 2 amide bonds. The van der Waals surface area contributed by atoms with Gasteiger partial charge in [-0.25, -0.2) is 0 Å². The number of amides is 2. The van der Waals surface area contributed by atoms with Gasteiger partial charge in [-0.05, 0) is 31.4 Å². The van der Waals surface area contributed by atoms with Gasteiger partial charge >= 0.3 is 0 Å². The molecule has 1 aromatic carbocycles. The van der Waals surface area contributed by atoms with Gasteiger partial charge in [0, 0.05) is 52.1 Å². The molecule has 2 aliphatic heterocycles. The van der Waals surface area contributed by atoms with E-state index in [0.29, 0.717) is 38.4 Å². The van der Waals surface area contributed by atoms with Crippen molar-refractivity contribution in [2.45, 2.75) is 44.7 Å². The van der Waals surface area contributed by atoms with Crippen molar-refractivity contribution in [1.29, 1.82) is 0 Å². The van der Waals surface area contributed by atoms with Gasteiger partial charge in [0.1, 0.15) is 0 Å². The number of halogens is 1. The molecule has 1 atom stereocenters. The van der Waals surface area contributed by atoms with Crippen LogP contribution in [0.2, 0.25) is 0 Å². The Hall–Kier alpha value is -1.68. The fourth-order valence-electron chi connectivity index (χ4n) is 3.88. The molecule has 7 nitrogen and oxygen atoms in total. The molecule has 8 heteroatoms. The van der Waals surface area contributed by atoms with E-state index in [1.165, 1.54) is 10.5 Å². The molecular formula is C21H32IN5O2. The zero-order valence-corrected chi connectivity index (χ0v) is 19.4. The first-order chi connectivity index (χ1) is 13.7. The number of hydrogen-bond donors (Lipinski definition) is 2. The van der Waals surface area contributed by atoms with E-state index in [-0.39, 0.29) is 35.8 Å². The van der Waals surface area contributed by atoms with Gasteiger partial charge in [-0.3, -0.25) is 24.4 Å². The highest BCUT2D eigenvalue weighted by molar-refractivity contribution is 14.0. The summed E-state index contributed by atoms with van der Waals surface area (Å²) in [5.74, 6) is 0.595. The third-order valence-electron chi connectivity index (χ3n) is 5.33. The maximum Gasteiger partial charge on any atom is 0.229 e. The predicted molar refractivity (Wildman–Crippen MR) is 125 cm³/mol. The molecule has 0 saturated carbocycles. The quantitative estimate of drug-likeness (QED) is 0.263. The lowest BCUT2D eigenvalue weighted by atomic mass is 10.0. The highest BCUT2D eigenvalue weighted by Gasteiger charge is 2.25.